The number of piperidine rings is 1. The lowest BCUT2D eigenvalue weighted by Gasteiger charge is -2.27. The van der Waals surface area contributed by atoms with Crippen LogP contribution in [0.1, 0.15) is 31.4 Å². The van der Waals surface area contributed by atoms with E-state index in [-0.39, 0.29) is 12.1 Å². The lowest BCUT2D eigenvalue weighted by atomic mass is 9.98. The van der Waals surface area contributed by atoms with Crippen LogP contribution in [-0.2, 0) is 5.60 Å². The summed E-state index contributed by atoms with van der Waals surface area (Å²) >= 11 is 0. The van der Waals surface area contributed by atoms with Crippen molar-refractivity contribution >= 4 is 11.6 Å². The molecule has 3 aromatic rings. The lowest BCUT2D eigenvalue weighted by Crippen LogP contribution is -2.44. The van der Waals surface area contributed by atoms with Crippen LogP contribution in [0.3, 0.4) is 0 Å². The molecule has 0 spiro atoms. The molecule has 2 heterocycles. The minimum atomic E-state index is -1.13. The molecule has 1 aliphatic heterocycles. The predicted octanol–water partition coefficient (Wildman–Crippen LogP) is 3.46. The van der Waals surface area contributed by atoms with Gasteiger partial charge in [-0.2, -0.15) is 10.2 Å². The summed E-state index contributed by atoms with van der Waals surface area (Å²) in [7, 11) is 0. The zero-order valence-corrected chi connectivity index (χ0v) is 18.4. The Balaban J connectivity index is 1.55. The Morgan fingerprint density at radius 2 is 2.09 bits per heavy atom. The van der Waals surface area contributed by atoms with Crippen molar-refractivity contribution in [2.45, 2.75) is 38.1 Å². The molecule has 4 rings (SSSR count). The Labute approximate surface area is 191 Å². The molecule has 1 aromatic heterocycles. The van der Waals surface area contributed by atoms with E-state index < -0.39 is 17.9 Å². The second kappa shape index (κ2) is 9.48. The number of ether oxygens (including phenoxy) is 1. The van der Waals surface area contributed by atoms with Gasteiger partial charge in [0.1, 0.15) is 30.4 Å². The average Bonchev–Trinajstić information content (AvgIpc) is 2.80. The number of rotatable bonds is 6. The fourth-order valence-electron chi connectivity index (χ4n) is 3.55. The van der Waals surface area contributed by atoms with Crippen molar-refractivity contribution < 1.29 is 14.2 Å². The van der Waals surface area contributed by atoms with E-state index in [1.54, 1.807) is 32.0 Å². The van der Waals surface area contributed by atoms with Crippen LogP contribution < -0.4 is 15.4 Å². The fourth-order valence-corrected chi connectivity index (χ4v) is 3.55. The second-order valence-electron chi connectivity index (χ2n) is 8.39. The zero-order chi connectivity index (χ0) is 23.4. The molecular weight excluding hydrogens is 423 g/mol. The van der Waals surface area contributed by atoms with Gasteiger partial charge in [0.2, 0.25) is 5.95 Å². The maximum Gasteiger partial charge on any atom is 0.230 e. The maximum atomic E-state index is 14.1. The molecule has 0 amide bonds. The van der Waals surface area contributed by atoms with Crippen molar-refractivity contribution in [2.24, 2.45) is 0 Å². The molecule has 0 radical (unpaired) electrons. The van der Waals surface area contributed by atoms with Gasteiger partial charge < -0.3 is 20.5 Å². The number of nitriles is 1. The average molecular weight is 449 g/mol. The van der Waals surface area contributed by atoms with Gasteiger partial charge in [-0.25, -0.2) is 14.4 Å². The number of benzene rings is 2. The maximum absolute atomic E-state index is 14.1. The van der Waals surface area contributed by atoms with Crippen LogP contribution in [0, 0.1) is 11.3 Å². The number of nitrogens with zero attached hydrogens (tertiary/aromatic N) is 4. The first-order valence-electron chi connectivity index (χ1n) is 10.7. The Morgan fingerprint density at radius 1 is 1.24 bits per heavy atom. The Hall–Kier alpha value is -3.61. The molecule has 2 unspecified atom stereocenters. The number of aliphatic hydroxyl groups is 1. The second-order valence-corrected chi connectivity index (χ2v) is 8.39. The molecule has 0 bridgehead atoms. The quantitative estimate of drug-likeness (QED) is 0.525. The van der Waals surface area contributed by atoms with Crippen molar-refractivity contribution in [3.05, 3.63) is 59.9 Å². The molecule has 9 heteroatoms. The first-order valence-corrected chi connectivity index (χ1v) is 10.7. The Kier molecular flexibility index (Phi) is 6.49. The number of nitrogens with one attached hydrogen (secondary N) is 2. The van der Waals surface area contributed by atoms with Crippen LogP contribution in [0.25, 0.3) is 11.4 Å². The van der Waals surface area contributed by atoms with E-state index in [1.165, 1.54) is 6.33 Å². The summed E-state index contributed by atoms with van der Waals surface area (Å²) in [5, 5.41) is 25.9. The monoisotopic (exact) mass is 448 g/mol. The van der Waals surface area contributed by atoms with E-state index in [0.29, 0.717) is 36.1 Å². The van der Waals surface area contributed by atoms with Crippen molar-refractivity contribution in [3.63, 3.8) is 0 Å². The van der Waals surface area contributed by atoms with Gasteiger partial charge >= 0.3 is 0 Å². The number of hydrogen-bond acceptors (Lipinski definition) is 8. The van der Waals surface area contributed by atoms with Crippen molar-refractivity contribution in [3.8, 4) is 23.2 Å². The number of aromatic nitrogens is 3. The summed E-state index contributed by atoms with van der Waals surface area (Å²) in [5.74, 6) is 1.03. The van der Waals surface area contributed by atoms with Crippen molar-refractivity contribution in [2.75, 3.05) is 18.4 Å². The molecular formula is C24H25FN6O2. The van der Waals surface area contributed by atoms with Gasteiger partial charge in [-0.1, -0.05) is 12.1 Å². The number of anilines is 2. The minimum Gasteiger partial charge on any atom is -0.486 e. The molecule has 2 aromatic carbocycles. The van der Waals surface area contributed by atoms with Crippen LogP contribution in [0.5, 0.6) is 5.75 Å². The predicted molar refractivity (Wildman–Crippen MR) is 122 cm³/mol. The molecule has 1 saturated heterocycles. The molecule has 1 fully saturated rings. The molecule has 2 atom stereocenters. The summed E-state index contributed by atoms with van der Waals surface area (Å²) in [6, 6.07) is 14.5. The summed E-state index contributed by atoms with van der Waals surface area (Å²) in [6.45, 7) is 4.34. The molecule has 170 valence electrons. The fraction of sp³-hybridized carbons (Fsp3) is 0.333. The number of alkyl halides is 1. The van der Waals surface area contributed by atoms with E-state index in [0.717, 1.165) is 11.3 Å². The van der Waals surface area contributed by atoms with Gasteiger partial charge in [-0.15, -0.1) is 0 Å². The van der Waals surface area contributed by atoms with Gasteiger partial charge in [0, 0.05) is 17.8 Å². The molecule has 33 heavy (non-hydrogen) atoms. The van der Waals surface area contributed by atoms with Gasteiger partial charge in [-0.3, -0.25) is 0 Å². The molecule has 1 aliphatic rings. The van der Waals surface area contributed by atoms with Gasteiger partial charge in [0.15, 0.2) is 5.82 Å². The SMILES string of the molecule is CC(C)(O)c1cccc(Nc2ncnc(-c3ccc(OC4CCNCC4F)c(C#N)c3)n2)c1. The van der Waals surface area contributed by atoms with E-state index in [2.05, 4.69) is 31.7 Å². The summed E-state index contributed by atoms with van der Waals surface area (Å²) in [4.78, 5) is 12.8. The van der Waals surface area contributed by atoms with Gasteiger partial charge in [-0.05, 0) is 62.7 Å². The highest BCUT2D eigenvalue weighted by molar-refractivity contribution is 5.63. The van der Waals surface area contributed by atoms with E-state index in [4.69, 9.17) is 4.74 Å². The van der Waals surface area contributed by atoms with E-state index >= 15 is 0 Å². The molecule has 8 nitrogen and oxygen atoms in total. The largest absolute Gasteiger partial charge is 0.486 e. The number of hydrogen-bond donors (Lipinski definition) is 3. The highest BCUT2D eigenvalue weighted by Gasteiger charge is 2.27. The zero-order valence-electron chi connectivity index (χ0n) is 18.4. The lowest BCUT2D eigenvalue weighted by molar-refractivity contribution is 0.0729. The van der Waals surface area contributed by atoms with Crippen LogP contribution >= 0.6 is 0 Å². The molecule has 3 N–H and O–H groups in total. The van der Waals surface area contributed by atoms with Crippen molar-refractivity contribution in [1.82, 2.24) is 20.3 Å². The van der Waals surface area contributed by atoms with Gasteiger partial charge in [0.25, 0.3) is 0 Å². The Morgan fingerprint density at radius 3 is 2.85 bits per heavy atom. The summed E-state index contributed by atoms with van der Waals surface area (Å²) < 4.78 is 19.9. The third-order valence-electron chi connectivity index (χ3n) is 5.38. The standard InChI is InChI=1S/C24H25FN6O2/c1-24(2,32)17-4-3-5-18(11-17)30-23-29-14-28-22(31-23)15-6-7-20(16(10-15)12-26)33-21-8-9-27-13-19(21)25/h3-7,10-11,14,19,21,27,32H,8-9,13H2,1-2H3,(H,28,29,30,31). The summed E-state index contributed by atoms with van der Waals surface area (Å²) in [5.41, 5.74) is 1.38. The van der Waals surface area contributed by atoms with Crippen LogP contribution in [0.4, 0.5) is 16.0 Å². The third-order valence-corrected chi connectivity index (χ3v) is 5.38. The van der Waals surface area contributed by atoms with Crippen LogP contribution in [0.2, 0.25) is 0 Å². The van der Waals surface area contributed by atoms with Crippen molar-refractivity contribution in [1.29, 1.82) is 5.26 Å². The Bertz CT molecular complexity index is 1170. The summed E-state index contributed by atoms with van der Waals surface area (Å²) in [6.07, 6.45) is 0.197. The first kappa shape index (κ1) is 22.6. The minimum absolute atomic E-state index is 0.240. The normalized spacial score (nSPS) is 18.4. The van der Waals surface area contributed by atoms with Crippen LogP contribution in [-0.4, -0.2) is 45.4 Å². The smallest absolute Gasteiger partial charge is 0.230 e. The first-order chi connectivity index (χ1) is 15.8. The third kappa shape index (κ3) is 5.42. The molecule has 0 saturated carbocycles. The van der Waals surface area contributed by atoms with Gasteiger partial charge in [0.05, 0.1) is 11.2 Å². The van der Waals surface area contributed by atoms with Crippen LogP contribution in [0.15, 0.2) is 48.8 Å². The topological polar surface area (TPSA) is 116 Å². The highest BCUT2D eigenvalue weighted by atomic mass is 19.1. The van der Waals surface area contributed by atoms with E-state index in [9.17, 15) is 14.8 Å². The molecule has 0 aliphatic carbocycles. The highest BCUT2D eigenvalue weighted by Crippen LogP contribution is 2.28. The van der Waals surface area contributed by atoms with E-state index in [1.807, 2.05) is 24.3 Å². The number of halogens is 1.